The van der Waals surface area contributed by atoms with Crippen LogP contribution in [0.5, 0.6) is 0 Å². The third kappa shape index (κ3) is 8.39. The van der Waals surface area contributed by atoms with E-state index in [1.807, 2.05) is 20.9 Å². The van der Waals surface area contributed by atoms with Crippen LogP contribution >= 0.6 is 0 Å². The van der Waals surface area contributed by atoms with Gasteiger partial charge in [-0.1, -0.05) is 85.7 Å². The Balaban J connectivity index is 0.000000342. The fourth-order valence-electron chi connectivity index (χ4n) is 12.8. The summed E-state index contributed by atoms with van der Waals surface area (Å²) in [6, 6.07) is 8.31. The maximum absolute atomic E-state index is 13.1. The second-order valence-electron chi connectivity index (χ2n) is 20.3. The summed E-state index contributed by atoms with van der Waals surface area (Å²) < 4.78 is 6.30. The molecule has 6 heteroatoms. The lowest BCUT2D eigenvalue weighted by Crippen LogP contribution is -2.60. The van der Waals surface area contributed by atoms with Crippen LogP contribution in [0.3, 0.4) is 0 Å². The number of hydrogen-bond donors (Lipinski definition) is 2. The van der Waals surface area contributed by atoms with Crippen molar-refractivity contribution >= 4 is 24.2 Å². The van der Waals surface area contributed by atoms with Crippen LogP contribution in [0, 0.1) is 76.4 Å². The van der Waals surface area contributed by atoms with E-state index in [1.54, 1.807) is 7.05 Å². The average molecular weight is 773 g/mol. The number of carbonyl (C=O) groups excluding carboxylic acids is 3. The van der Waals surface area contributed by atoms with Gasteiger partial charge in [-0.05, 0) is 173 Å². The van der Waals surface area contributed by atoms with Crippen molar-refractivity contribution in [2.24, 2.45) is 69.5 Å². The van der Waals surface area contributed by atoms with Gasteiger partial charge in [0.1, 0.15) is 18.7 Å². The minimum absolute atomic E-state index is 0. The third-order valence-electron chi connectivity index (χ3n) is 16.5. The number of benzene rings is 1. The van der Waals surface area contributed by atoms with E-state index in [9.17, 15) is 14.4 Å². The molecule has 0 saturated heterocycles. The first-order valence-corrected chi connectivity index (χ1v) is 21.8. The number of allylic oxidation sites excluding steroid dienone is 3. The highest BCUT2D eigenvalue weighted by atomic mass is 16.5. The Kier molecular flexibility index (Phi) is 14.5. The van der Waals surface area contributed by atoms with Crippen molar-refractivity contribution < 1.29 is 19.1 Å². The highest BCUT2D eigenvalue weighted by molar-refractivity contribution is 5.74. The standard InChI is InChI=1S/C36H54O3.C8H11N.C5H11NO.CH4/c1-20(2)31-22(4)18-36(19-37)16-12-28-25(32(31)36)9-10-30-34(7)15-13-29(24(6)27(34)11-14-35(28,30)8)39-33(38)26-17-21(3)23(26)5;1-7-3-5-8(9-2)6-4-7;1-5(2,4-7)6-3;/h19-21,23-30H,4,9-18H2,1-3,5-8H3;3-6,9H,1-2H3;4,6H,1-3H3;1H4. The molecule has 0 spiro atoms. The lowest BCUT2D eigenvalue weighted by atomic mass is 9.38. The van der Waals surface area contributed by atoms with Crippen LogP contribution in [0.1, 0.15) is 140 Å². The Morgan fingerprint density at radius 1 is 0.911 bits per heavy atom. The van der Waals surface area contributed by atoms with Gasteiger partial charge in [-0.15, -0.1) is 0 Å². The average Bonchev–Trinajstić information content (AvgIpc) is 3.48. The second-order valence-corrected chi connectivity index (χ2v) is 20.3. The Bertz CT molecular complexity index is 1590. The first kappa shape index (κ1) is 46.0. The molecule has 0 aliphatic heterocycles. The van der Waals surface area contributed by atoms with Crippen LogP contribution in [0.15, 0.2) is 47.6 Å². The Hall–Kier alpha value is -2.73. The molecule has 314 valence electrons. The number of ether oxygens (including phenoxy) is 1. The number of rotatable bonds is 7. The summed E-state index contributed by atoms with van der Waals surface area (Å²) in [6.45, 7) is 26.9. The first-order chi connectivity index (χ1) is 25.8. The third-order valence-corrected chi connectivity index (χ3v) is 16.5. The number of aryl methyl sites for hydroxylation is 1. The van der Waals surface area contributed by atoms with E-state index < -0.39 is 0 Å². The van der Waals surface area contributed by atoms with Crippen LogP contribution in [0.2, 0.25) is 0 Å². The van der Waals surface area contributed by atoms with Crippen molar-refractivity contribution in [2.75, 3.05) is 19.4 Å². The molecule has 6 nitrogen and oxygen atoms in total. The van der Waals surface area contributed by atoms with Gasteiger partial charge in [0.25, 0.3) is 0 Å². The van der Waals surface area contributed by atoms with E-state index in [1.165, 1.54) is 72.8 Å². The molecule has 12 atom stereocenters. The van der Waals surface area contributed by atoms with Crippen molar-refractivity contribution in [3.8, 4) is 0 Å². The summed E-state index contributed by atoms with van der Waals surface area (Å²) >= 11 is 0. The smallest absolute Gasteiger partial charge is 0.309 e. The normalized spacial score (nSPS) is 38.3. The van der Waals surface area contributed by atoms with Crippen molar-refractivity contribution in [3.63, 3.8) is 0 Å². The van der Waals surface area contributed by atoms with Crippen molar-refractivity contribution in [1.29, 1.82) is 0 Å². The monoisotopic (exact) mass is 773 g/mol. The predicted octanol–water partition coefficient (Wildman–Crippen LogP) is 11.4. The fourth-order valence-corrected chi connectivity index (χ4v) is 12.8. The molecule has 0 amide bonds. The molecule has 7 rings (SSSR count). The zero-order valence-corrected chi connectivity index (χ0v) is 36.6. The van der Waals surface area contributed by atoms with Crippen molar-refractivity contribution in [2.45, 2.75) is 153 Å². The number of hydrogen-bond acceptors (Lipinski definition) is 6. The number of carbonyl (C=O) groups is 3. The molecular weight excluding hydrogens is 693 g/mol. The van der Waals surface area contributed by atoms with Crippen LogP contribution in [-0.4, -0.2) is 44.3 Å². The molecule has 0 radical (unpaired) electrons. The maximum atomic E-state index is 13.1. The molecule has 0 aromatic heterocycles. The Morgan fingerprint density at radius 2 is 1.52 bits per heavy atom. The van der Waals surface area contributed by atoms with E-state index in [4.69, 9.17) is 4.74 Å². The SMILES string of the molecule is C.C=C1CC2(C=O)CCC3C(CCC4C3(C)CCC3C(C)C(OC(=O)C5CC(C)C5C)CCC34C)C2=C1C(C)C.CNC(C)(C)C=O.CNc1ccc(C)cc1. The van der Waals surface area contributed by atoms with Gasteiger partial charge in [0.2, 0.25) is 0 Å². The number of fused-ring (bicyclic) bond motifs is 7. The molecule has 1 aromatic carbocycles. The van der Waals surface area contributed by atoms with Gasteiger partial charge >= 0.3 is 5.97 Å². The van der Waals surface area contributed by atoms with Gasteiger partial charge in [0.05, 0.1) is 16.9 Å². The number of aldehydes is 2. The molecular formula is C50H80N2O4. The lowest BCUT2D eigenvalue weighted by Gasteiger charge is -2.67. The number of anilines is 1. The molecule has 0 heterocycles. The highest BCUT2D eigenvalue weighted by Gasteiger charge is 2.64. The first-order valence-electron chi connectivity index (χ1n) is 21.8. The predicted molar refractivity (Wildman–Crippen MR) is 233 cm³/mol. The Labute approximate surface area is 342 Å². The van der Waals surface area contributed by atoms with Gasteiger partial charge in [0, 0.05) is 12.7 Å². The Morgan fingerprint density at radius 3 is 2.04 bits per heavy atom. The van der Waals surface area contributed by atoms with Gasteiger partial charge in [-0.2, -0.15) is 0 Å². The van der Waals surface area contributed by atoms with E-state index in [0.717, 1.165) is 32.0 Å². The lowest BCUT2D eigenvalue weighted by molar-refractivity contribution is -0.195. The van der Waals surface area contributed by atoms with Crippen molar-refractivity contribution in [3.05, 3.63) is 53.1 Å². The van der Waals surface area contributed by atoms with Gasteiger partial charge in [0.15, 0.2) is 0 Å². The molecule has 12 unspecified atom stereocenters. The molecule has 5 saturated carbocycles. The number of nitrogens with one attached hydrogen (secondary N) is 2. The maximum Gasteiger partial charge on any atom is 0.309 e. The van der Waals surface area contributed by atoms with E-state index in [0.29, 0.717) is 58.2 Å². The largest absolute Gasteiger partial charge is 0.462 e. The van der Waals surface area contributed by atoms with E-state index in [2.05, 4.69) is 96.9 Å². The van der Waals surface area contributed by atoms with Gasteiger partial charge in [-0.3, -0.25) is 4.79 Å². The number of esters is 1. The highest BCUT2D eigenvalue weighted by Crippen LogP contribution is 2.72. The summed E-state index contributed by atoms with van der Waals surface area (Å²) in [4.78, 5) is 35.7. The summed E-state index contributed by atoms with van der Waals surface area (Å²) in [6.07, 6.45) is 13.6. The molecule has 2 N–H and O–H groups in total. The van der Waals surface area contributed by atoms with E-state index >= 15 is 0 Å². The molecule has 5 fully saturated rings. The van der Waals surface area contributed by atoms with Crippen LogP contribution in [0.25, 0.3) is 0 Å². The van der Waals surface area contributed by atoms with Crippen LogP contribution < -0.4 is 10.6 Å². The minimum atomic E-state index is -0.347. The number of likely N-dealkylation sites (N-methyl/N-ethyl adjacent to an activating group) is 1. The van der Waals surface area contributed by atoms with Crippen LogP contribution in [-0.2, 0) is 19.1 Å². The van der Waals surface area contributed by atoms with Crippen molar-refractivity contribution in [1.82, 2.24) is 5.32 Å². The molecule has 0 bridgehead atoms. The molecule has 56 heavy (non-hydrogen) atoms. The second kappa shape index (κ2) is 17.6. The minimum Gasteiger partial charge on any atom is -0.462 e. The molecule has 6 aliphatic rings. The summed E-state index contributed by atoms with van der Waals surface area (Å²) in [5.41, 5.74) is 6.69. The molecule has 1 aromatic rings. The zero-order chi connectivity index (χ0) is 40.7. The van der Waals surface area contributed by atoms with Crippen LogP contribution in [0.4, 0.5) is 5.69 Å². The molecule has 6 aliphatic carbocycles. The van der Waals surface area contributed by atoms with Gasteiger partial charge in [-0.25, -0.2) is 0 Å². The summed E-state index contributed by atoms with van der Waals surface area (Å²) in [5.74, 6) is 4.74. The fraction of sp³-hybridized carbons (Fsp3) is 0.740. The van der Waals surface area contributed by atoms with Gasteiger partial charge < -0.3 is 25.0 Å². The summed E-state index contributed by atoms with van der Waals surface area (Å²) in [5, 5.41) is 5.88. The quantitative estimate of drug-likeness (QED) is 0.212. The summed E-state index contributed by atoms with van der Waals surface area (Å²) in [7, 11) is 3.68. The zero-order valence-electron chi connectivity index (χ0n) is 36.6. The topological polar surface area (TPSA) is 84.5 Å². The van der Waals surface area contributed by atoms with E-state index in [-0.39, 0.29) is 36.4 Å².